The van der Waals surface area contributed by atoms with Crippen LogP contribution in [0.15, 0.2) is 59.9 Å². The van der Waals surface area contributed by atoms with Crippen LogP contribution in [0, 0.1) is 0 Å². The summed E-state index contributed by atoms with van der Waals surface area (Å²) in [5, 5.41) is 3.84. The molecule has 0 saturated heterocycles. The second kappa shape index (κ2) is 11.3. The minimum absolute atomic E-state index is 0.903. The maximum absolute atomic E-state index is 4.98. The summed E-state index contributed by atoms with van der Waals surface area (Å²) in [6.45, 7) is 7.09. The predicted molar refractivity (Wildman–Crippen MR) is 87.4 cm³/mol. The zero-order valence-electron chi connectivity index (χ0n) is 13.5. The van der Waals surface area contributed by atoms with Gasteiger partial charge in [0.2, 0.25) is 0 Å². The van der Waals surface area contributed by atoms with Gasteiger partial charge in [0.25, 0.3) is 0 Å². The van der Waals surface area contributed by atoms with E-state index in [9.17, 15) is 0 Å². The summed E-state index contributed by atoms with van der Waals surface area (Å²) < 4.78 is 6.75. The Balaban J connectivity index is 0.000000166. The monoisotopic (exact) mass is 300 g/mol. The molecule has 0 saturated carbocycles. The van der Waals surface area contributed by atoms with Crippen molar-refractivity contribution in [3.8, 4) is 0 Å². The molecule has 0 amide bonds. The Bertz CT molecular complexity index is 528. The highest BCUT2D eigenvalue weighted by Crippen LogP contribution is 1.98. The van der Waals surface area contributed by atoms with E-state index >= 15 is 0 Å². The lowest BCUT2D eigenvalue weighted by Crippen LogP contribution is -1.91. The number of furan rings is 1. The molecule has 5 nitrogen and oxygen atoms in total. The Hall–Kier alpha value is -2.43. The van der Waals surface area contributed by atoms with Crippen LogP contribution >= 0.6 is 0 Å². The smallest absolute Gasteiger partial charge is 0.137 e. The summed E-state index contributed by atoms with van der Waals surface area (Å²) in [6, 6.07) is 9.84. The lowest BCUT2D eigenvalue weighted by molar-refractivity contribution is 0.516. The topological polar surface area (TPSA) is 56.7 Å². The molecule has 3 aromatic heterocycles. The number of pyridine rings is 1. The van der Waals surface area contributed by atoms with E-state index in [0.717, 1.165) is 30.8 Å². The van der Waals surface area contributed by atoms with Gasteiger partial charge in [-0.15, -0.1) is 0 Å². The van der Waals surface area contributed by atoms with E-state index in [1.54, 1.807) is 17.3 Å². The van der Waals surface area contributed by atoms with Crippen molar-refractivity contribution in [2.24, 2.45) is 0 Å². The molecule has 3 aromatic rings. The van der Waals surface area contributed by atoms with Crippen molar-refractivity contribution in [1.29, 1.82) is 0 Å². The third-order valence-corrected chi connectivity index (χ3v) is 2.81. The molecular formula is C17H24N4O. The molecule has 0 N–H and O–H groups in total. The second-order valence-electron chi connectivity index (χ2n) is 4.36. The van der Waals surface area contributed by atoms with Crippen LogP contribution in [0.5, 0.6) is 0 Å². The highest BCUT2D eigenvalue weighted by Gasteiger charge is 1.84. The molecule has 0 aliphatic carbocycles. The molecule has 0 aliphatic heterocycles. The zero-order valence-corrected chi connectivity index (χ0v) is 13.5. The second-order valence-corrected chi connectivity index (χ2v) is 4.36. The molecule has 22 heavy (non-hydrogen) atoms. The molecule has 3 rings (SSSR count). The van der Waals surface area contributed by atoms with Gasteiger partial charge in [0.1, 0.15) is 18.4 Å². The maximum atomic E-state index is 4.98. The van der Waals surface area contributed by atoms with Crippen LogP contribution < -0.4 is 0 Å². The van der Waals surface area contributed by atoms with Crippen molar-refractivity contribution in [3.05, 3.63) is 66.9 Å². The van der Waals surface area contributed by atoms with E-state index in [-0.39, 0.29) is 0 Å². The fourth-order valence-electron chi connectivity index (χ4n) is 1.52. The highest BCUT2D eigenvalue weighted by atomic mass is 16.3. The molecule has 0 aliphatic rings. The van der Waals surface area contributed by atoms with Gasteiger partial charge < -0.3 is 4.42 Å². The van der Waals surface area contributed by atoms with Crippen molar-refractivity contribution in [1.82, 2.24) is 19.7 Å². The molecule has 0 aromatic carbocycles. The fourth-order valence-corrected chi connectivity index (χ4v) is 1.52. The number of nitrogens with zero attached hydrogens (tertiary/aromatic N) is 4. The van der Waals surface area contributed by atoms with Crippen LogP contribution in [-0.4, -0.2) is 19.7 Å². The van der Waals surface area contributed by atoms with Crippen molar-refractivity contribution >= 4 is 0 Å². The minimum atomic E-state index is 0.903. The lowest BCUT2D eigenvalue weighted by atomic mass is 10.3. The largest absolute Gasteiger partial charge is 0.469 e. The van der Waals surface area contributed by atoms with E-state index in [0.29, 0.717) is 0 Å². The number of aryl methyl sites for hydroxylation is 3. The minimum Gasteiger partial charge on any atom is -0.469 e. The van der Waals surface area contributed by atoms with Gasteiger partial charge in [-0.2, -0.15) is 5.10 Å². The van der Waals surface area contributed by atoms with Crippen LogP contribution in [0.25, 0.3) is 0 Å². The SMILES string of the molecule is CCc1ccccn1.CCc1ccco1.CCn1cncn1. The van der Waals surface area contributed by atoms with E-state index in [1.807, 2.05) is 43.5 Å². The zero-order chi connectivity index (χ0) is 16.0. The molecule has 0 spiro atoms. The normalized spacial score (nSPS) is 9.23. The van der Waals surface area contributed by atoms with Gasteiger partial charge in [-0.1, -0.05) is 19.9 Å². The lowest BCUT2D eigenvalue weighted by Gasteiger charge is -1.88. The quantitative estimate of drug-likeness (QED) is 0.738. The average Bonchev–Trinajstić information content (AvgIpc) is 3.29. The first kappa shape index (κ1) is 17.6. The van der Waals surface area contributed by atoms with Crippen LogP contribution in [-0.2, 0) is 19.4 Å². The Morgan fingerprint density at radius 3 is 2.23 bits per heavy atom. The van der Waals surface area contributed by atoms with Gasteiger partial charge in [-0.05, 0) is 37.6 Å². The van der Waals surface area contributed by atoms with Crippen LogP contribution in [0.3, 0.4) is 0 Å². The van der Waals surface area contributed by atoms with Gasteiger partial charge in [-0.25, -0.2) is 4.98 Å². The summed E-state index contributed by atoms with van der Waals surface area (Å²) in [7, 11) is 0. The van der Waals surface area contributed by atoms with E-state index < -0.39 is 0 Å². The molecule has 5 heteroatoms. The number of aromatic nitrogens is 4. The van der Waals surface area contributed by atoms with Crippen LogP contribution in [0.2, 0.25) is 0 Å². The van der Waals surface area contributed by atoms with E-state index in [4.69, 9.17) is 4.42 Å². The third-order valence-electron chi connectivity index (χ3n) is 2.81. The molecular weight excluding hydrogens is 276 g/mol. The summed E-state index contributed by atoms with van der Waals surface area (Å²) in [4.78, 5) is 7.84. The van der Waals surface area contributed by atoms with Crippen molar-refractivity contribution < 1.29 is 4.42 Å². The predicted octanol–water partition coefficient (Wildman–Crippen LogP) is 3.78. The van der Waals surface area contributed by atoms with E-state index in [2.05, 4.69) is 28.9 Å². The number of hydrogen-bond donors (Lipinski definition) is 0. The molecule has 0 unspecified atom stereocenters. The van der Waals surface area contributed by atoms with Gasteiger partial charge >= 0.3 is 0 Å². The van der Waals surface area contributed by atoms with Gasteiger partial charge in [-0.3, -0.25) is 9.67 Å². The first-order chi connectivity index (χ1) is 10.8. The van der Waals surface area contributed by atoms with Crippen molar-refractivity contribution in [3.63, 3.8) is 0 Å². The summed E-state index contributed by atoms with van der Waals surface area (Å²) in [5.74, 6) is 1.06. The maximum Gasteiger partial charge on any atom is 0.137 e. The van der Waals surface area contributed by atoms with Crippen molar-refractivity contribution in [2.75, 3.05) is 0 Å². The number of hydrogen-bond acceptors (Lipinski definition) is 4. The molecule has 0 fully saturated rings. The van der Waals surface area contributed by atoms with E-state index in [1.165, 1.54) is 6.33 Å². The number of rotatable bonds is 3. The molecule has 118 valence electrons. The summed E-state index contributed by atoms with van der Waals surface area (Å²) >= 11 is 0. The van der Waals surface area contributed by atoms with Gasteiger partial charge in [0.15, 0.2) is 0 Å². The first-order valence-electron chi connectivity index (χ1n) is 7.54. The summed E-state index contributed by atoms with van der Waals surface area (Å²) in [5.41, 5.74) is 1.16. The Morgan fingerprint density at radius 2 is 1.91 bits per heavy atom. The fraction of sp³-hybridized carbons (Fsp3) is 0.353. The van der Waals surface area contributed by atoms with Gasteiger partial charge in [0.05, 0.1) is 6.26 Å². The first-order valence-corrected chi connectivity index (χ1v) is 7.54. The Labute approximate surface area is 132 Å². The molecule has 3 heterocycles. The Kier molecular flexibility index (Phi) is 9.01. The Morgan fingerprint density at radius 1 is 1.05 bits per heavy atom. The van der Waals surface area contributed by atoms with Gasteiger partial charge in [0, 0.05) is 24.9 Å². The highest BCUT2D eigenvalue weighted by molar-refractivity contribution is 5.02. The average molecular weight is 300 g/mol. The van der Waals surface area contributed by atoms with Crippen LogP contribution in [0.4, 0.5) is 0 Å². The summed E-state index contributed by atoms with van der Waals surface area (Å²) in [6.07, 6.45) is 8.76. The standard InChI is InChI=1S/C7H9N.C6H8O.C4H7N3/c1-2-7-5-3-4-6-8-7;1-2-6-4-3-5-7-6;1-2-7-4-5-3-6-7/h3-6H,2H2,1H3;3-5H,2H2,1H3;3-4H,2H2,1H3. The van der Waals surface area contributed by atoms with Crippen LogP contribution in [0.1, 0.15) is 32.2 Å². The molecule has 0 atom stereocenters. The van der Waals surface area contributed by atoms with Crippen molar-refractivity contribution in [2.45, 2.75) is 40.2 Å². The third kappa shape index (κ3) is 7.38. The molecule has 0 radical (unpaired) electrons. The molecule has 0 bridgehead atoms.